The average Bonchev–Trinajstić information content (AvgIpc) is 2.89. The van der Waals surface area contributed by atoms with Crippen LogP contribution >= 0.6 is 35.6 Å². The maximum Gasteiger partial charge on any atom is 0.303 e. The molecule has 4 nitrogen and oxygen atoms in total. The molecule has 1 aliphatic heterocycles. The van der Waals surface area contributed by atoms with Crippen LogP contribution in [0.5, 0.6) is 0 Å². The summed E-state index contributed by atoms with van der Waals surface area (Å²) in [4.78, 5) is 25.2. The molecule has 1 saturated heterocycles. The van der Waals surface area contributed by atoms with E-state index in [-0.39, 0.29) is 12.3 Å². The lowest BCUT2D eigenvalue weighted by molar-refractivity contribution is -0.137. The van der Waals surface area contributed by atoms with Gasteiger partial charge in [-0.05, 0) is 47.4 Å². The van der Waals surface area contributed by atoms with Crippen LogP contribution in [0.3, 0.4) is 0 Å². The largest absolute Gasteiger partial charge is 0.481 e. The molecule has 0 saturated carbocycles. The summed E-state index contributed by atoms with van der Waals surface area (Å²) in [5.41, 5.74) is 2.89. The Morgan fingerprint density at radius 1 is 1.19 bits per heavy atom. The number of rotatable bonds is 6. The van der Waals surface area contributed by atoms with Crippen molar-refractivity contribution < 1.29 is 14.7 Å². The molecule has 0 unspecified atom stereocenters. The van der Waals surface area contributed by atoms with Crippen molar-refractivity contribution >= 4 is 57.9 Å². The number of hydrogen-bond acceptors (Lipinski definition) is 4. The molecule has 1 N–H and O–H groups in total. The van der Waals surface area contributed by atoms with Crippen LogP contribution in [0.1, 0.15) is 18.4 Å². The van der Waals surface area contributed by atoms with Gasteiger partial charge in [0.25, 0.3) is 5.91 Å². The molecule has 138 valence electrons. The fourth-order valence-corrected chi connectivity index (χ4v) is 4.21. The number of carboxylic acids is 1. The standard InChI is InChI=1S/C20H16ClNO3S2/c21-16-7-2-6-15(12-16)14-5-1-4-13(10-14)11-17-19(25)22(20(26)27-17)9-3-8-18(23)24/h1-2,4-7,10-12H,3,8-9H2,(H,23,24). The summed E-state index contributed by atoms with van der Waals surface area (Å²) in [5, 5.41) is 9.41. The molecule has 0 aromatic heterocycles. The van der Waals surface area contributed by atoms with Crippen LogP contribution in [-0.2, 0) is 9.59 Å². The Morgan fingerprint density at radius 2 is 1.89 bits per heavy atom. The van der Waals surface area contributed by atoms with Crippen LogP contribution in [0.25, 0.3) is 17.2 Å². The van der Waals surface area contributed by atoms with E-state index in [2.05, 4.69) is 0 Å². The van der Waals surface area contributed by atoms with Crippen LogP contribution in [0.15, 0.2) is 53.4 Å². The van der Waals surface area contributed by atoms with Crippen molar-refractivity contribution in [2.75, 3.05) is 6.54 Å². The zero-order chi connectivity index (χ0) is 19.4. The maximum absolute atomic E-state index is 12.6. The molecule has 1 amide bonds. The second kappa shape index (κ2) is 8.69. The van der Waals surface area contributed by atoms with Crippen molar-refractivity contribution in [3.63, 3.8) is 0 Å². The minimum atomic E-state index is -0.881. The molecule has 2 aromatic rings. The predicted octanol–water partition coefficient (Wildman–Crippen LogP) is 5.07. The minimum Gasteiger partial charge on any atom is -0.481 e. The molecular formula is C20H16ClNO3S2. The molecule has 0 bridgehead atoms. The van der Waals surface area contributed by atoms with Gasteiger partial charge in [-0.3, -0.25) is 14.5 Å². The van der Waals surface area contributed by atoms with Gasteiger partial charge in [-0.25, -0.2) is 0 Å². The molecule has 0 atom stereocenters. The van der Waals surface area contributed by atoms with Crippen molar-refractivity contribution in [2.45, 2.75) is 12.8 Å². The molecule has 3 rings (SSSR count). The average molecular weight is 418 g/mol. The number of halogens is 1. The first-order valence-electron chi connectivity index (χ1n) is 8.27. The SMILES string of the molecule is O=C(O)CCCN1C(=O)C(=Cc2cccc(-c3cccc(Cl)c3)c2)SC1=S. The Morgan fingerprint density at radius 3 is 2.59 bits per heavy atom. The third kappa shape index (κ3) is 4.97. The van der Waals surface area contributed by atoms with Crippen LogP contribution in [-0.4, -0.2) is 32.7 Å². The summed E-state index contributed by atoms with van der Waals surface area (Å²) in [7, 11) is 0. The van der Waals surface area contributed by atoms with E-state index in [9.17, 15) is 9.59 Å². The van der Waals surface area contributed by atoms with E-state index < -0.39 is 5.97 Å². The first-order valence-corrected chi connectivity index (χ1v) is 9.87. The molecular weight excluding hydrogens is 402 g/mol. The summed E-state index contributed by atoms with van der Waals surface area (Å²) in [5.74, 6) is -1.06. The maximum atomic E-state index is 12.6. The molecule has 27 heavy (non-hydrogen) atoms. The number of hydrogen-bond donors (Lipinski definition) is 1. The lowest BCUT2D eigenvalue weighted by Gasteiger charge is -2.13. The molecule has 1 heterocycles. The summed E-state index contributed by atoms with van der Waals surface area (Å²) >= 11 is 12.6. The normalized spacial score (nSPS) is 15.6. The summed E-state index contributed by atoms with van der Waals surface area (Å²) < 4.78 is 0.461. The van der Waals surface area contributed by atoms with E-state index in [1.807, 2.05) is 54.6 Å². The molecule has 0 radical (unpaired) electrons. The van der Waals surface area contributed by atoms with Gasteiger partial charge in [0, 0.05) is 18.0 Å². The molecule has 1 aliphatic rings. The summed E-state index contributed by atoms with van der Waals surface area (Å²) in [6, 6.07) is 15.4. The number of benzene rings is 2. The molecule has 0 spiro atoms. The van der Waals surface area contributed by atoms with Crippen molar-refractivity contribution in [3.05, 3.63) is 64.0 Å². The van der Waals surface area contributed by atoms with Gasteiger partial charge in [0.2, 0.25) is 0 Å². The Hall–Kier alpha value is -2.15. The Balaban J connectivity index is 1.79. The third-order valence-corrected chi connectivity index (χ3v) is 5.60. The summed E-state index contributed by atoms with van der Waals surface area (Å²) in [6.45, 7) is 0.316. The van der Waals surface area contributed by atoms with E-state index in [1.54, 1.807) is 0 Å². The molecule has 0 aliphatic carbocycles. The lowest BCUT2D eigenvalue weighted by Crippen LogP contribution is -2.29. The van der Waals surface area contributed by atoms with Gasteiger partial charge < -0.3 is 5.11 Å². The van der Waals surface area contributed by atoms with Gasteiger partial charge in [0.05, 0.1) is 4.91 Å². The zero-order valence-corrected chi connectivity index (χ0v) is 16.6. The second-order valence-electron chi connectivity index (χ2n) is 5.97. The predicted molar refractivity (Wildman–Crippen MR) is 114 cm³/mol. The van der Waals surface area contributed by atoms with E-state index in [0.29, 0.717) is 27.2 Å². The number of amides is 1. The monoisotopic (exact) mass is 417 g/mol. The topological polar surface area (TPSA) is 57.6 Å². The Labute approximate surface area is 171 Å². The third-order valence-electron chi connectivity index (χ3n) is 3.99. The molecule has 7 heteroatoms. The summed E-state index contributed by atoms with van der Waals surface area (Å²) in [6.07, 6.45) is 2.20. The lowest BCUT2D eigenvalue weighted by atomic mass is 10.0. The van der Waals surface area contributed by atoms with Crippen LogP contribution in [0.4, 0.5) is 0 Å². The zero-order valence-electron chi connectivity index (χ0n) is 14.2. The fraction of sp³-hybridized carbons (Fsp3) is 0.150. The van der Waals surface area contributed by atoms with Gasteiger partial charge in [-0.1, -0.05) is 65.9 Å². The highest BCUT2D eigenvalue weighted by atomic mass is 35.5. The number of aliphatic carboxylic acids is 1. The second-order valence-corrected chi connectivity index (χ2v) is 8.08. The van der Waals surface area contributed by atoms with Gasteiger partial charge in [-0.15, -0.1) is 0 Å². The Bertz CT molecular complexity index is 942. The first kappa shape index (κ1) is 19.6. The quantitative estimate of drug-likeness (QED) is 0.525. The number of thioether (sulfide) groups is 1. The van der Waals surface area contributed by atoms with E-state index in [4.69, 9.17) is 28.9 Å². The van der Waals surface area contributed by atoms with Gasteiger partial charge >= 0.3 is 5.97 Å². The number of carbonyl (C=O) groups excluding carboxylic acids is 1. The number of carboxylic acid groups (broad SMARTS) is 1. The van der Waals surface area contributed by atoms with Crippen molar-refractivity contribution in [1.82, 2.24) is 4.90 Å². The van der Waals surface area contributed by atoms with Crippen molar-refractivity contribution in [2.24, 2.45) is 0 Å². The number of nitrogens with zero attached hydrogens (tertiary/aromatic N) is 1. The van der Waals surface area contributed by atoms with Gasteiger partial charge in [0.1, 0.15) is 4.32 Å². The highest BCUT2D eigenvalue weighted by molar-refractivity contribution is 8.26. The minimum absolute atomic E-state index is 0.0117. The van der Waals surface area contributed by atoms with Gasteiger partial charge in [0.15, 0.2) is 0 Å². The number of carbonyl (C=O) groups is 2. The highest BCUT2D eigenvalue weighted by Crippen LogP contribution is 2.33. The first-order chi connectivity index (χ1) is 12.9. The van der Waals surface area contributed by atoms with E-state index in [1.165, 1.54) is 16.7 Å². The van der Waals surface area contributed by atoms with Crippen LogP contribution < -0.4 is 0 Å². The van der Waals surface area contributed by atoms with E-state index in [0.717, 1.165) is 16.7 Å². The van der Waals surface area contributed by atoms with Crippen molar-refractivity contribution in [1.29, 1.82) is 0 Å². The molecule has 2 aromatic carbocycles. The molecule has 1 fully saturated rings. The Kier molecular flexibility index (Phi) is 6.31. The van der Waals surface area contributed by atoms with Crippen LogP contribution in [0.2, 0.25) is 5.02 Å². The fourth-order valence-electron chi connectivity index (χ4n) is 2.71. The van der Waals surface area contributed by atoms with E-state index >= 15 is 0 Å². The van der Waals surface area contributed by atoms with Crippen LogP contribution in [0, 0.1) is 0 Å². The smallest absolute Gasteiger partial charge is 0.303 e. The highest BCUT2D eigenvalue weighted by Gasteiger charge is 2.31. The van der Waals surface area contributed by atoms with Gasteiger partial charge in [-0.2, -0.15) is 0 Å². The van der Waals surface area contributed by atoms with Crippen molar-refractivity contribution in [3.8, 4) is 11.1 Å². The number of thiocarbonyl (C=S) groups is 1.